The van der Waals surface area contributed by atoms with Crippen molar-refractivity contribution in [2.75, 3.05) is 7.11 Å². The Bertz CT molecular complexity index is 517. The number of halogens is 2. The van der Waals surface area contributed by atoms with Crippen molar-refractivity contribution in [2.45, 2.75) is 0 Å². The molecule has 0 unspecified atom stereocenters. The van der Waals surface area contributed by atoms with E-state index in [0.29, 0.717) is 10.8 Å². The van der Waals surface area contributed by atoms with Crippen LogP contribution in [0.1, 0.15) is 0 Å². The molecule has 0 aliphatic carbocycles. The molecule has 0 radical (unpaired) electrons. The lowest BCUT2D eigenvalue weighted by atomic mass is 10.1. The van der Waals surface area contributed by atoms with Gasteiger partial charge in [0.1, 0.15) is 5.75 Å². The molecule has 0 N–H and O–H groups in total. The van der Waals surface area contributed by atoms with Gasteiger partial charge in [0, 0.05) is 11.8 Å². The lowest BCUT2D eigenvalue weighted by Crippen LogP contribution is -1.88. The molecular formula is C11H8Cl2N2O. The molecule has 0 bridgehead atoms. The summed E-state index contributed by atoms with van der Waals surface area (Å²) >= 11 is 11.7. The van der Waals surface area contributed by atoms with E-state index < -0.39 is 0 Å². The Morgan fingerprint density at radius 2 is 2.00 bits per heavy atom. The van der Waals surface area contributed by atoms with Gasteiger partial charge >= 0.3 is 0 Å². The predicted molar refractivity (Wildman–Crippen MR) is 64.0 cm³/mol. The fourth-order valence-corrected chi connectivity index (χ4v) is 1.73. The number of methoxy groups -OCH3 is 1. The summed E-state index contributed by atoms with van der Waals surface area (Å²) < 4.78 is 5.07. The SMILES string of the molecule is COc1ccc(-c2ccnc(Cl)n2)cc1Cl. The number of aromatic nitrogens is 2. The van der Waals surface area contributed by atoms with E-state index in [2.05, 4.69) is 9.97 Å². The molecule has 2 rings (SSSR count). The first-order valence-electron chi connectivity index (χ1n) is 4.53. The predicted octanol–water partition coefficient (Wildman–Crippen LogP) is 3.46. The van der Waals surface area contributed by atoms with Crippen molar-refractivity contribution < 1.29 is 4.74 Å². The third-order valence-electron chi connectivity index (χ3n) is 2.07. The number of hydrogen-bond acceptors (Lipinski definition) is 3. The molecule has 2 aromatic rings. The van der Waals surface area contributed by atoms with Crippen LogP contribution in [-0.4, -0.2) is 17.1 Å². The molecule has 0 spiro atoms. The largest absolute Gasteiger partial charge is 0.495 e. The lowest BCUT2D eigenvalue weighted by Gasteiger charge is -2.05. The molecule has 5 heteroatoms. The van der Waals surface area contributed by atoms with Crippen molar-refractivity contribution in [3.05, 3.63) is 40.8 Å². The zero-order chi connectivity index (χ0) is 11.5. The van der Waals surface area contributed by atoms with Gasteiger partial charge in [0.05, 0.1) is 17.8 Å². The Kier molecular flexibility index (Phi) is 3.27. The quantitative estimate of drug-likeness (QED) is 0.771. The monoisotopic (exact) mass is 254 g/mol. The summed E-state index contributed by atoms with van der Waals surface area (Å²) in [6.07, 6.45) is 1.60. The molecule has 82 valence electrons. The maximum absolute atomic E-state index is 6.02. The highest BCUT2D eigenvalue weighted by atomic mass is 35.5. The van der Waals surface area contributed by atoms with Crippen molar-refractivity contribution in [3.63, 3.8) is 0 Å². The van der Waals surface area contributed by atoms with E-state index in [1.807, 2.05) is 6.07 Å². The smallest absolute Gasteiger partial charge is 0.222 e. The maximum Gasteiger partial charge on any atom is 0.222 e. The zero-order valence-corrected chi connectivity index (χ0v) is 9.96. The second-order valence-corrected chi connectivity index (χ2v) is 3.81. The van der Waals surface area contributed by atoms with Crippen LogP contribution < -0.4 is 4.74 Å². The van der Waals surface area contributed by atoms with Crippen LogP contribution in [0.25, 0.3) is 11.3 Å². The summed E-state index contributed by atoms with van der Waals surface area (Å²) in [6, 6.07) is 7.19. The van der Waals surface area contributed by atoms with Crippen LogP contribution in [0.5, 0.6) is 5.75 Å². The number of hydrogen-bond donors (Lipinski definition) is 0. The van der Waals surface area contributed by atoms with E-state index >= 15 is 0 Å². The number of nitrogens with zero attached hydrogens (tertiary/aromatic N) is 2. The molecule has 0 aliphatic heterocycles. The number of ether oxygens (including phenoxy) is 1. The third-order valence-corrected chi connectivity index (χ3v) is 2.55. The topological polar surface area (TPSA) is 35.0 Å². The normalized spacial score (nSPS) is 10.2. The average Bonchev–Trinajstić information content (AvgIpc) is 2.29. The molecule has 0 amide bonds. The van der Waals surface area contributed by atoms with E-state index in [1.54, 1.807) is 31.5 Å². The van der Waals surface area contributed by atoms with Crippen molar-refractivity contribution in [2.24, 2.45) is 0 Å². The van der Waals surface area contributed by atoms with E-state index in [0.717, 1.165) is 11.3 Å². The van der Waals surface area contributed by atoms with Crippen LogP contribution in [-0.2, 0) is 0 Å². The van der Waals surface area contributed by atoms with Gasteiger partial charge in [0.15, 0.2) is 0 Å². The highest BCUT2D eigenvalue weighted by Gasteiger charge is 2.05. The van der Waals surface area contributed by atoms with Crippen LogP contribution >= 0.6 is 23.2 Å². The van der Waals surface area contributed by atoms with Gasteiger partial charge in [0.2, 0.25) is 5.28 Å². The molecule has 16 heavy (non-hydrogen) atoms. The standard InChI is InChI=1S/C11H8Cl2N2O/c1-16-10-3-2-7(6-8(10)12)9-4-5-14-11(13)15-9/h2-6H,1H3. The van der Waals surface area contributed by atoms with Crippen molar-refractivity contribution in [3.8, 4) is 17.0 Å². The van der Waals surface area contributed by atoms with E-state index in [9.17, 15) is 0 Å². The minimum Gasteiger partial charge on any atom is -0.495 e. The van der Waals surface area contributed by atoms with Crippen molar-refractivity contribution in [1.29, 1.82) is 0 Å². The zero-order valence-electron chi connectivity index (χ0n) is 8.45. The summed E-state index contributed by atoms with van der Waals surface area (Å²) in [5.41, 5.74) is 1.60. The van der Waals surface area contributed by atoms with Gasteiger partial charge < -0.3 is 4.74 Å². The van der Waals surface area contributed by atoms with Crippen LogP contribution in [0.3, 0.4) is 0 Å². The Morgan fingerprint density at radius 1 is 1.19 bits per heavy atom. The van der Waals surface area contributed by atoms with Gasteiger partial charge in [0.25, 0.3) is 0 Å². The fourth-order valence-electron chi connectivity index (χ4n) is 1.32. The molecule has 0 aliphatic rings. The molecule has 1 aromatic carbocycles. The first-order valence-corrected chi connectivity index (χ1v) is 5.29. The molecule has 0 saturated heterocycles. The average molecular weight is 255 g/mol. The van der Waals surface area contributed by atoms with Gasteiger partial charge in [-0.15, -0.1) is 0 Å². The van der Waals surface area contributed by atoms with Crippen molar-refractivity contribution >= 4 is 23.2 Å². The highest BCUT2D eigenvalue weighted by Crippen LogP contribution is 2.29. The second kappa shape index (κ2) is 4.68. The summed E-state index contributed by atoms with van der Waals surface area (Å²) in [7, 11) is 1.57. The fraction of sp³-hybridized carbons (Fsp3) is 0.0909. The minimum atomic E-state index is 0.212. The first-order chi connectivity index (χ1) is 7.70. The summed E-state index contributed by atoms with van der Waals surface area (Å²) in [4.78, 5) is 7.91. The Morgan fingerprint density at radius 3 is 2.62 bits per heavy atom. The van der Waals surface area contributed by atoms with Crippen LogP contribution in [0.4, 0.5) is 0 Å². The third kappa shape index (κ3) is 2.26. The van der Waals surface area contributed by atoms with Gasteiger partial charge in [-0.2, -0.15) is 0 Å². The van der Waals surface area contributed by atoms with Gasteiger partial charge in [-0.05, 0) is 35.9 Å². The number of benzene rings is 1. The molecular weight excluding hydrogens is 247 g/mol. The minimum absolute atomic E-state index is 0.212. The van der Waals surface area contributed by atoms with Crippen molar-refractivity contribution in [1.82, 2.24) is 9.97 Å². The Balaban J connectivity index is 2.45. The highest BCUT2D eigenvalue weighted by molar-refractivity contribution is 6.32. The molecule has 0 saturated carbocycles. The van der Waals surface area contributed by atoms with Gasteiger partial charge in [-0.1, -0.05) is 11.6 Å². The Labute approximate surface area is 103 Å². The lowest BCUT2D eigenvalue weighted by molar-refractivity contribution is 0.415. The van der Waals surface area contributed by atoms with Crippen LogP contribution in [0, 0.1) is 0 Å². The number of rotatable bonds is 2. The van der Waals surface area contributed by atoms with Crippen LogP contribution in [0.2, 0.25) is 10.3 Å². The van der Waals surface area contributed by atoms with Gasteiger partial charge in [-0.25, -0.2) is 9.97 Å². The van der Waals surface area contributed by atoms with E-state index in [4.69, 9.17) is 27.9 Å². The molecule has 0 atom stereocenters. The first kappa shape index (κ1) is 11.2. The summed E-state index contributed by atoms with van der Waals surface area (Å²) in [6.45, 7) is 0. The second-order valence-electron chi connectivity index (χ2n) is 3.06. The summed E-state index contributed by atoms with van der Waals surface area (Å²) in [5.74, 6) is 0.630. The summed E-state index contributed by atoms with van der Waals surface area (Å²) in [5, 5.41) is 0.749. The molecule has 1 heterocycles. The maximum atomic E-state index is 6.02. The van der Waals surface area contributed by atoms with Gasteiger partial charge in [-0.3, -0.25) is 0 Å². The Hall–Kier alpha value is -1.32. The van der Waals surface area contributed by atoms with E-state index in [-0.39, 0.29) is 5.28 Å². The van der Waals surface area contributed by atoms with E-state index in [1.165, 1.54) is 0 Å². The van der Waals surface area contributed by atoms with Crippen LogP contribution in [0.15, 0.2) is 30.5 Å². The molecule has 3 nitrogen and oxygen atoms in total. The molecule has 0 fully saturated rings. The molecule has 1 aromatic heterocycles.